The van der Waals surface area contributed by atoms with Gasteiger partial charge in [0.2, 0.25) is 0 Å². The number of nitrogens with zero attached hydrogens (tertiary/aromatic N) is 2. The fraction of sp³-hybridized carbons (Fsp3) is 0.226. The minimum Gasteiger partial charge on any atom is -0.308 e. The molecule has 4 aromatic rings. The van der Waals surface area contributed by atoms with Crippen LogP contribution in [0.25, 0.3) is 16.8 Å². The van der Waals surface area contributed by atoms with Gasteiger partial charge in [-0.3, -0.25) is 9.36 Å². The first kappa shape index (κ1) is 24.2. The zero-order chi connectivity index (χ0) is 24.6. The summed E-state index contributed by atoms with van der Waals surface area (Å²) in [4.78, 5) is 14.0. The molecule has 0 aliphatic rings. The Morgan fingerprint density at radius 1 is 0.886 bits per heavy atom. The van der Waals surface area contributed by atoms with Crippen molar-refractivity contribution in [2.45, 2.75) is 46.2 Å². The van der Waals surface area contributed by atoms with E-state index in [9.17, 15) is 10.1 Å². The van der Waals surface area contributed by atoms with Gasteiger partial charge in [0.15, 0.2) is 0 Å². The molecule has 1 aromatic heterocycles. The highest BCUT2D eigenvalue weighted by atomic mass is 16.1. The van der Waals surface area contributed by atoms with Crippen molar-refractivity contribution in [3.63, 3.8) is 0 Å². The van der Waals surface area contributed by atoms with Crippen molar-refractivity contribution >= 4 is 0 Å². The molecule has 0 saturated heterocycles. The van der Waals surface area contributed by atoms with Crippen molar-refractivity contribution < 1.29 is 0 Å². The van der Waals surface area contributed by atoms with E-state index in [4.69, 9.17) is 0 Å². The number of benzene rings is 3. The first-order valence-corrected chi connectivity index (χ1v) is 12.2. The molecule has 0 radical (unpaired) electrons. The van der Waals surface area contributed by atoms with Crippen LogP contribution in [-0.2, 0) is 19.5 Å². The standard InChI is InChI=1S/C31H31N3O/c1-3-4-15-26-19-23(2)29(22-33-21-24-12-6-5-7-13-24)31(35)34(26)30-18-11-10-17-28(30)27-16-9-8-14-25(27)20-32/h5-14,16-19,33H,3-4,15,21-22H2,1-2H3. The second-order valence-corrected chi connectivity index (χ2v) is 8.81. The summed E-state index contributed by atoms with van der Waals surface area (Å²) in [5.74, 6) is 0. The van der Waals surface area contributed by atoms with Gasteiger partial charge >= 0.3 is 0 Å². The number of pyridine rings is 1. The highest BCUT2D eigenvalue weighted by molar-refractivity contribution is 5.77. The maximum absolute atomic E-state index is 14.0. The summed E-state index contributed by atoms with van der Waals surface area (Å²) >= 11 is 0. The average Bonchev–Trinajstić information content (AvgIpc) is 2.90. The molecular weight excluding hydrogens is 430 g/mol. The summed E-state index contributed by atoms with van der Waals surface area (Å²) in [6.45, 7) is 5.37. The Morgan fingerprint density at radius 3 is 2.31 bits per heavy atom. The molecule has 0 fully saturated rings. The van der Waals surface area contributed by atoms with Gasteiger partial charge in [0.25, 0.3) is 5.56 Å². The molecule has 35 heavy (non-hydrogen) atoms. The lowest BCUT2D eigenvalue weighted by Crippen LogP contribution is -2.30. The van der Waals surface area contributed by atoms with Gasteiger partial charge in [-0.15, -0.1) is 0 Å². The lowest BCUT2D eigenvalue weighted by Gasteiger charge is -2.20. The molecule has 0 amide bonds. The normalized spacial score (nSPS) is 10.8. The van der Waals surface area contributed by atoms with Crippen LogP contribution in [0.1, 0.15) is 47.7 Å². The van der Waals surface area contributed by atoms with Crippen LogP contribution in [0, 0.1) is 18.3 Å². The van der Waals surface area contributed by atoms with Crippen molar-refractivity contribution in [2.24, 2.45) is 0 Å². The molecule has 0 atom stereocenters. The molecule has 4 rings (SSSR count). The molecule has 4 heteroatoms. The number of aryl methyl sites for hydroxylation is 2. The highest BCUT2D eigenvalue weighted by Gasteiger charge is 2.18. The molecule has 1 N–H and O–H groups in total. The molecule has 0 spiro atoms. The number of nitrogens with one attached hydrogen (secondary N) is 1. The molecule has 0 bridgehead atoms. The molecule has 0 saturated carbocycles. The number of rotatable bonds is 9. The minimum absolute atomic E-state index is 0.00134. The van der Waals surface area contributed by atoms with Crippen molar-refractivity contribution in [3.8, 4) is 22.9 Å². The van der Waals surface area contributed by atoms with Crippen molar-refractivity contribution in [3.05, 3.63) is 123 Å². The Morgan fingerprint density at radius 2 is 1.57 bits per heavy atom. The van der Waals surface area contributed by atoms with Gasteiger partial charge in [-0.25, -0.2) is 0 Å². The monoisotopic (exact) mass is 461 g/mol. The third-order valence-corrected chi connectivity index (χ3v) is 6.35. The summed E-state index contributed by atoms with van der Waals surface area (Å²) in [6.07, 6.45) is 2.87. The lowest BCUT2D eigenvalue weighted by molar-refractivity contribution is 0.672. The Hall–Kier alpha value is -3.94. The van der Waals surface area contributed by atoms with E-state index in [-0.39, 0.29) is 5.56 Å². The fourth-order valence-corrected chi connectivity index (χ4v) is 4.50. The number of unbranched alkanes of at least 4 members (excludes halogenated alkanes) is 1. The number of hydrogen-bond acceptors (Lipinski definition) is 3. The lowest BCUT2D eigenvalue weighted by atomic mass is 9.97. The van der Waals surface area contributed by atoms with E-state index >= 15 is 0 Å². The number of nitriles is 1. The van der Waals surface area contributed by atoms with E-state index < -0.39 is 0 Å². The third-order valence-electron chi connectivity index (χ3n) is 6.35. The first-order valence-electron chi connectivity index (χ1n) is 12.2. The van der Waals surface area contributed by atoms with E-state index in [1.54, 1.807) is 0 Å². The smallest absolute Gasteiger partial charge is 0.260 e. The van der Waals surface area contributed by atoms with Gasteiger partial charge < -0.3 is 5.32 Å². The van der Waals surface area contributed by atoms with Crippen LogP contribution in [0.3, 0.4) is 0 Å². The predicted octanol–water partition coefficient (Wildman–Crippen LogP) is 6.32. The SMILES string of the molecule is CCCCc1cc(C)c(CNCc2ccccc2)c(=O)n1-c1ccccc1-c1ccccc1C#N. The predicted molar refractivity (Wildman–Crippen MR) is 143 cm³/mol. The van der Waals surface area contributed by atoms with E-state index in [0.29, 0.717) is 18.7 Å². The van der Waals surface area contributed by atoms with Crippen molar-refractivity contribution in [1.29, 1.82) is 5.26 Å². The topological polar surface area (TPSA) is 57.8 Å². The number of aromatic nitrogens is 1. The highest BCUT2D eigenvalue weighted by Crippen LogP contribution is 2.30. The van der Waals surface area contributed by atoms with Gasteiger partial charge in [0.05, 0.1) is 17.3 Å². The van der Waals surface area contributed by atoms with Crippen molar-refractivity contribution in [2.75, 3.05) is 0 Å². The van der Waals surface area contributed by atoms with Gasteiger partial charge in [-0.1, -0.05) is 80.1 Å². The largest absolute Gasteiger partial charge is 0.308 e. The molecule has 176 valence electrons. The van der Waals surface area contributed by atoms with Crippen molar-refractivity contribution in [1.82, 2.24) is 9.88 Å². The molecule has 0 aliphatic heterocycles. The molecule has 0 unspecified atom stereocenters. The van der Waals surface area contributed by atoms with E-state index in [1.807, 2.05) is 78.2 Å². The summed E-state index contributed by atoms with van der Waals surface area (Å²) in [6, 6.07) is 30.1. The number of para-hydroxylation sites is 1. The van der Waals surface area contributed by atoms with Gasteiger partial charge in [0, 0.05) is 35.5 Å². The average molecular weight is 462 g/mol. The Kier molecular flexibility index (Phi) is 7.92. The van der Waals surface area contributed by atoms with Gasteiger partial charge in [-0.2, -0.15) is 5.26 Å². The van der Waals surface area contributed by atoms with E-state index in [2.05, 4.69) is 36.5 Å². The van der Waals surface area contributed by atoms with Crippen LogP contribution >= 0.6 is 0 Å². The Balaban J connectivity index is 1.81. The zero-order valence-corrected chi connectivity index (χ0v) is 20.4. The minimum atomic E-state index is -0.00134. The van der Waals surface area contributed by atoms with Crippen LogP contribution in [0.2, 0.25) is 0 Å². The summed E-state index contributed by atoms with van der Waals surface area (Å²) in [5, 5.41) is 13.2. The molecule has 4 nitrogen and oxygen atoms in total. The maximum atomic E-state index is 14.0. The van der Waals surface area contributed by atoms with Gasteiger partial charge in [0.1, 0.15) is 0 Å². The van der Waals surface area contributed by atoms with Crippen LogP contribution < -0.4 is 10.9 Å². The van der Waals surface area contributed by atoms with Crippen LogP contribution in [0.5, 0.6) is 0 Å². The van der Waals surface area contributed by atoms with Crippen LogP contribution in [0.15, 0.2) is 89.7 Å². The van der Waals surface area contributed by atoms with E-state index in [0.717, 1.165) is 52.9 Å². The zero-order valence-electron chi connectivity index (χ0n) is 20.4. The second-order valence-electron chi connectivity index (χ2n) is 8.81. The van der Waals surface area contributed by atoms with Crippen LogP contribution in [0.4, 0.5) is 0 Å². The first-order chi connectivity index (χ1) is 17.1. The molecule has 0 aliphatic carbocycles. The molecule has 3 aromatic carbocycles. The Bertz CT molecular complexity index is 1400. The third kappa shape index (κ3) is 5.42. The quantitative estimate of drug-likeness (QED) is 0.317. The van der Waals surface area contributed by atoms with Crippen LogP contribution in [-0.4, -0.2) is 4.57 Å². The van der Waals surface area contributed by atoms with E-state index in [1.165, 1.54) is 5.56 Å². The summed E-state index contributed by atoms with van der Waals surface area (Å²) in [5.41, 5.74) is 7.10. The summed E-state index contributed by atoms with van der Waals surface area (Å²) in [7, 11) is 0. The number of hydrogen-bond donors (Lipinski definition) is 1. The molecular formula is C31H31N3O. The fourth-order valence-electron chi connectivity index (χ4n) is 4.50. The second kappa shape index (κ2) is 11.5. The van der Waals surface area contributed by atoms with Gasteiger partial charge in [-0.05, 0) is 49.1 Å². The molecule has 1 heterocycles. The summed E-state index contributed by atoms with van der Waals surface area (Å²) < 4.78 is 1.87. The maximum Gasteiger partial charge on any atom is 0.260 e. The Labute approximate surface area is 207 Å².